The Bertz CT molecular complexity index is 983. The largest absolute Gasteiger partial charge is 0.416 e. The standard InChI is InChI=1S/C20H19F3N4O2/c21-20(22,23)15-8-6-13(7-9-15)10-27-18(24)17(19(25)28)16(26-27)12-29-11-14-4-2-1-3-5-14/h1-9H,10-12,24H2,(H2,25,28). The molecule has 2 aromatic carbocycles. The maximum absolute atomic E-state index is 12.7. The molecule has 0 saturated heterocycles. The van der Waals surface area contributed by atoms with E-state index in [0.717, 1.165) is 17.7 Å². The third kappa shape index (κ3) is 4.94. The number of hydrogen-bond acceptors (Lipinski definition) is 4. The van der Waals surface area contributed by atoms with E-state index in [1.165, 1.54) is 16.8 Å². The molecule has 0 spiro atoms. The Morgan fingerprint density at radius 2 is 1.66 bits per heavy atom. The van der Waals surface area contributed by atoms with Crippen molar-refractivity contribution in [1.82, 2.24) is 9.78 Å². The normalized spacial score (nSPS) is 11.6. The van der Waals surface area contributed by atoms with E-state index >= 15 is 0 Å². The number of nitrogens with zero attached hydrogens (tertiary/aromatic N) is 2. The van der Waals surface area contributed by atoms with Gasteiger partial charge in [0.25, 0.3) is 5.91 Å². The van der Waals surface area contributed by atoms with Gasteiger partial charge in [-0.3, -0.25) is 4.79 Å². The van der Waals surface area contributed by atoms with Crippen LogP contribution in [0.3, 0.4) is 0 Å². The molecule has 0 aliphatic rings. The topological polar surface area (TPSA) is 96.2 Å². The fraction of sp³-hybridized carbons (Fsp3) is 0.200. The fourth-order valence-electron chi connectivity index (χ4n) is 2.83. The average molecular weight is 404 g/mol. The highest BCUT2D eigenvalue weighted by molar-refractivity contribution is 5.98. The first-order valence-corrected chi connectivity index (χ1v) is 8.68. The number of nitrogen functional groups attached to an aromatic ring is 1. The van der Waals surface area contributed by atoms with Gasteiger partial charge in [-0.05, 0) is 23.3 Å². The average Bonchev–Trinajstić information content (AvgIpc) is 2.98. The molecule has 3 rings (SSSR count). The van der Waals surface area contributed by atoms with Crippen molar-refractivity contribution in [2.45, 2.75) is 25.9 Å². The van der Waals surface area contributed by atoms with Gasteiger partial charge in [-0.2, -0.15) is 18.3 Å². The molecular weight excluding hydrogens is 385 g/mol. The molecule has 152 valence electrons. The van der Waals surface area contributed by atoms with Crippen LogP contribution in [0.25, 0.3) is 0 Å². The number of halogens is 3. The van der Waals surface area contributed by atoms with Crippen LogP contribution < -0.4 is 11.5 Å². The molecule has 9 heteroatoms. The highest BCUT2D eigenvalue weighted by atomic mass is 19.4. The molecule has 1 aromatic heterocycles. The first-order chi connectivity index (χ1) is 13.8. The number of rotatable bonds is 7. The lowest BCUT2D eigenvalue weighted by Gasteiger charge is -2.08. The second-order valence-electron chi connectivity index (χ2n) is 6.40. The minimum atomic E-state index is -4.41. The monoisotopic (exact) mass is 404 g/mol. The summed E-state index contributed by atoms with van der Waals surface area (Å²) in [4.78, 5) is 11.8. The molecule has 0 aliphatic carbocycles. The van der Waals surface area contributed by atoms with E-state index in [-0.39, 0.29) is 30.2 Å². The Balaban J connectivity index is 1.75. The Morgan fingerprint density at radius 3 is 2.24 bits per heavy atom. The van der Waals surface area contributed by atoms with Gasteiger partial charge in [0.05, 0.1) is 25.3 Å². The number of carbonyl (C=O) groups is 1. The van der Waals surface area contributed by atoms with Gasteiger partial charge in [0.2, 0.25) is 0 Å². The summed E-state index contributed by atoms with van der Waals surface area (Å²) in [7, 11) is 0. The van der Waals surface area contributed by atoms with Gasteiger partial charge in [-0.25, -0.2) is 4.68 Å². The fourth-order valence-corrected chi connectivity index (χ4v) is 2.83. The molecular formula is C20H19F3N4O2. The lowest BCUT2D eigenvalue weighted by atomic mass is 10.1. The van der Waals surface area contributed by atoms with E-state index < -0.39 is 17.6 Å². The lowest BCUT2D eigenvalue weighted by molar-refractivity contribution is -0.137. The summed E-state index contributed by atoms with van der Waals surface area (Å²) in [5.41, 5.74) is 12.5. The molecule has 1 heterocycles. The van der Waals surface area contributed by atoms with Crippen LogP contribution in [-0.2, 0) is 30.7 Å². The number of nitrogens with two attached hydrogens (primary N) is 2. The molecule has 0 bridgehead atoms. The summed E-state index contributed by atoms with van der Waals surface area (Å²) in [6, 6.07) is 14.1. The van der Waals surface area contributed by atoms with Crippen molar-refractivity contribution in [3.63, 3.8) is 0 Å². The third-order valence-corrected chi connectivity index (χ3v) is 4.27. The molecule has 0 fully saturated rings. The summed E-state index contributed by atoms with van der Waals surface area (Å²) in [6.45, 7) is 0.408. The predicted octanol–water partition coefficient (Wildman–Crippen LogP) is 3.35. The molecule has 0 aliphatic heterocycles. The van der Waals surface area contributed by atoms with Gasteiger partial charge in [-0.1, -0.05) is 42.5 Å². The van der Waals surface area contributed by atoms with Crippen LogP contribution >= 0.6 is 0 Å². The summed E-state index contributed by atoms with van der Waals surface area (Å²) in [6.07, 6.45) is -4.41. The van der Waals surface area contributed by atoms with Crippen LogP contribution in [-0.4, -0.2) is 15.7 Å². The zero-order valence-electron chi connectivity index (χ0n) is 15.3. The van der Waals surface area contributed by atoms with Crippen molar-refractivity contribution in [3.05, 3.63) is 82.5 Å². The Kier molecular flexibility index (Phi) is 5.88. The van der Waals surface area contributed by atoms with Crippen molar-refractivity contribution in [3.8, 4) is 0 Å². The van der Waals surface area contributed by atoms with Crippen LogP contribution in [0.4, 0.5) is 19.0 Å². The molecule has 0 radical (unpaired) electrons. The van der Waals surface area contributed by atoms with Crippen molar-refractivity contribution in [2.75, 3.05) is 5.73 Å². The van der Waals surface area contributed by atoms with E-state index in [9.17, 15) is 18.0 Å². The van der Waals surface area contributed by atoms with Crippen molar-refractivity contribution in [1.29, 1.82) is 0 Å². The van der Waals surface area contributed by atoms with Crippen molar-refractivity contribution in [2.24, 2.45) is 5.73 Å². The molecule has 6 nitrogen and oxygen atoms in total. The van der Waals surface area contributed by atoms with Crippen LogP contribution in [0.1, 0.15) is 32.7 Å². The summed E-state index contributed by atoms with van der Waals surface area (Å²) >= 11 is 0. The van der Waals surface area contributed by atoms with E-state index in [0.29, 0.717) is 12.2 Å². The Morgan fingerprint density at radius 1 is 1.00 bits per heavy atom. The Hall–Kier alpha value is -3.33. The zero-order valence-corrected chi connectivity index (χ0v) is 15.3. The lowest BCUT2D eigenvalue weighted by Crippen LogP contribution is -2.15. The number of amides is 1. The van der Waals surface area contributed by atoms with E-state index in [4.69, 9.17) is 16.2 Å². The van der Waals surface area contributed by atoms with Crippen LogP contribution in [0, 0.1) is 0 Å². The molecule has 1 amide bonds. The summed E-state index contributed by atoms with van der Waals surface area (Å²) < 4.78 is 45.0. The highest BCUT2D eigenvalue weighted by Crippen LogP contribution is 2.29. The molecule has 29 heavy (non-hydrogen) atoms. The summed E-state index contributed by atoms with van der Waals surface area (Å²) in [5.74, 6) is -0.713. The molecule has 0 saturated carbocycles. The van der Waals surface area contributed by atoms with Gasteiger partial charge >= 0.3 is 6.18 Å². The Labute approximate surface area is 164 Å². The SMILES string of the molecule is NC(=O)c1c(COCc2ccccc2)nn(Cc2ccc(C(F)(F)F)cc2)c1N. The molecule has 4 N–H and O–H groups in total. The maximum atomic E-state index is 12.7. The summed E-state index contributed by atoms with van der Waals surface area (Å²) in [5, 5.41) is 4.27. The van der Waals surface area contributed by atoms with E-state index in [2.05, 4.69) is 5.10 Å². The quantitative estimate of drug-likeness (QED) is 0.631. The predicted molar refractivity (Wildman–Crippen MR) is 101 cm³/mol. The number of primary amides is 1. The smallest absolute Gasteiger partial charge is 0.383 e. The van der Waals surface area contributed by atoms with Gasteiger partial charge in [0, 0.05) is 0 Å². The minimum Gasteiger partial charge on any atom is -0.383 e. The number of ether oxygens (including phenoxy) is 1. The number of benzene rings is 2. The number of hydrogen-bond donors (Lipinski definition) is 2. The van der Waals surface area contributed by atoms with Gasteiger partial charge in [0.15, 0.2) is 0 Å². The number of aromatic nitrogens is 2. The molecule has 0 atom stereocenters. The van der Waals surface area contributed by atoms with Crippen LogP contribution in [0.2, 0.25) is 0 Å². The number of anilines is 1. The molecule has 3 aromatic rings. The maximum Gasteiger partial charge on any atom is 0.416 e. The highest BCUT2D eigenvalue weighted by Gasteiger charge is 2.30. The van der Waals surface area contributed by atoms with Crippen LogP contribution in [0.5, 0.6) is 0 Å². The van der Waals surface area contributed by atoms with Crippen molar-refractivity contribution >= 4 is 11.7 Å². The van der Waals surface area contributed by atoms with Crippen LogP contribution in [0.15, 0.2) is 54.6 Å². The first kappa shape index (κ1) is 20.4. The third-order valence-electron chi connectivity index (χ3n) is 4.27. The second kappa shape index (κ2) is 8.36. The van der Waals surface area contributed by atoms with Gasteiger partial charge in [0.1, 0.15) is 17.1 Å². The van der Waals surface area contributed by atoms with Gasteiger partial charge < -0.3 is 16.2 Å². The first-order valence-electron chi connectivity index (χ1n) is 8.68. The van der Waals surface area contributed by atoms with Crippen molar-refractivity contribution < 1.29 is 22.7 Å². The van der Waals surface area contributed by atoms with E-state index in [1.54, 1.807) is 0 Å². The zero-order chi connectivity index (χ0) is 21.0. The number of alkyl halides is 3. The minimum absolute atomic E-state index is 0.0113. The van der Waals surface area contributed by atoms with E-state index in [1.807, 2.05) is 30.3 Å². The van der Waals surface area contributed by atoms with Gasteiger partial charge in [-0.15, -0.1) is 0 Å². The number of carbonyl (C=O) groups excluding carboxylic acids is 1. The second-order valence-corrected chi connectivity index (χ2v) is 6.40. The molecule has 0 unspecified atom stereocenters.